The maximum Gasteiger partial charge on any atom is 0.251 e. The van der Waals surface area contributed by atoms with Crippen molar-refractivity contribution in [3.8, 4) is 0 Å². The highest BCUT2D eigenvalue weighted by Crippen LogP contribution is 2.20. The maximum atomic E-state index is 12.4. The van der Waals surface area contributed by atoms with Crippen molar-refractivity contribution < 1.29 is 18.0 Å². The van der Waals surface area contributed by atoms with E-state index in [2.05, 4.69) is 10.6 Å². The van der Waals surface area contributed by atoms with Crippen LogP contribution in [0.1, 0.15) is 40.0 Å². The number of anilines is 1. The van der Waals surface area contributed by atoms with Crippen LogP contribution in [0, 0.1) is 0 Å². The molecule has 1 unspecified atom stereocenters. The van der Waals surface area contributed by atoms with E-state index >= 15 is 0 Å². The molecule has 25 heavy (non-hydrogen) atoms. The zero-order chi connectivity index (χ0) is 18.6. The van der Waals surface area contributed by atoms with Gasteiger partial charge in [0.1, 0.15) is 0 Å². The molecule has 2 rings (SSSR count). The van der Waals surface area contributed by atoms with E-state index < -0.39 is 15.9 Å². The second-order valence-electron chi connectivity index (χ2n) is 6.20. The molecular weight excluding hydrogens is 344 g/mol. The molecule has 1 saturated heterocycles. The molecule has 2 amide bonds. The van der Waals surface area contributed by atoms with Crippen LogP contribution in [0.4, 0.5) is 5.69 Å². The second kappa shape index (κ2) is 7.83. The molecule has 0 radical (unpaired) electrons. The number of nitrogens with one attached hydrogen (secondary N) is 2. The van der Waals surface area contributed by atoms with Crippen LogP contribution in [-0.4, -0.2) is 52.7 Å². The standard InChI is InChI=1S/C16H24N4O4S/c1-20(25(2,23)24)14-9-11(15(17)21)8-12(10-14)16(22)19-7-5-13-4-3-6-18-13/h8-10,13,18H,3-7H2,1-2H3,(H2,17,21)(H,19,22). The highest BCUT2D eigenvalue weighted by Gasteiger charge is 2.18. The first-order chi connectivity index (χ1) is 11.7. The number of primary amides is 1. The highest BCUT2D eigenvalue weighted by molar-refractivity contribution is 7.92. The van der Waals surface area contributed by atoms with Gasteiger partial charge in [0.2, 0.25) is 15.9 Å². The lowest BCUT2D eigenvalue weighted by Crippen LogP contribution is -2.31. The minimum atomic E-state index is -3.53. The Morgan fingerprint density at radius 2 is 2.00 bits per heavy atom. The fourth-order valence-corrected chi connectivity index (χ4v) is 3.21. The van der Waals surface area contributed by atoms with Crippen molar-refractivity contribution in [3.63, 3.8) is 0 Å². The zero-order valence-corrected chi connectivity index (χ0v) is 15.2. The highest BCUT2D eigenvalue weighted by atomic mass is 32.2. The van der Waals surface area contributed by atoms with Crippen LogP contribution in [0.15, 0.2) is 18.2 Å². The smallest absolute Gasteiger partial charge is 0.251 e. The normalized spacial score (nSPS) is 17.3. The van der Waals surface area contributed by atoms with Crippen molar-refractivity contribution in [2.75, 3.05) is 30.7 Å². The van der Waals surface area contributed by atoms with Crippen LogP contribution in [0.3, 0.4) is 0 Å². The number of carbonyl (C=O) groups excluding carboxylic acids is 2. The SMILES string of the molecule is CN(c1cc(C(N)=O)cc(C(=O)NCCC2CCCN2)c1)S(C)(=O)=O. The van der Waals surface area contributed by atoms with Gasteiger partial charge < -0.3 is 16.4 Å². The van der Waals surface area contributed by atoms with E-state index in [4.69, 9.17) is 5.73 Å². The van der Waals surface area contributed by atoms with Crippen molar-refractivity contribution in [1.82, 2.24) is 10.6 Å². The maximum absolute atomic E-state index is 12.4. The third-order valence-electron chi connectivity index (χ3n) is 4.27. The van der Waals surface area contributed by atoms with Crippen LogP contribution in [0.25, 0.3) is 0 Å². The molecule has 1 aliphatic heterocycles. The molecule has 1 atom stereocenters. The Morgan fingerprint density at radius 3 is 2.56 bits per heavy atom. The molecule has 1 fully saturated rings. The lowest BCUT2D eigenvalue weighted by atomic mass is 10.1. The summed E-state index contributed by atoms with van der Waals surface area (Å²) in [6.45, 7) is 1.50. The summed E-state index contributed by atoms with van der Waals surface area (Å²) in [5.74, 6) is -1.10. The van der Waals surface area contributed by atoms with E-state index in [-0.39, 0.29) is 22.7 Å². The van der Waals surface area contributed by atoms with Crippen molar-refractivity contribution >= 4 is 27.5 Å². The lowest BCUT2D eigenvalue weighted by molar-refractivity contribution is 0.0952. The average Bonchev–Trinajstić information content (AvgIpc) is 3.06. The molecule has 1 heterocycles. The van der Waals surface area contributed by atoms with Crippen molar-refractivity contribution in [2.45, 2.75) is 25.3 Å². The molecule has 0 aromatic heterocycles. The van der Waals surface area contributed by atoms with Gasteiger partial charge >= 0.3 is 0 Å². The number of benzene rings is 1. The van der Waals surface area contributed by atoms with Gasteiger partial charge in [-0.05, 0) is 44.0 Å². The molecule has 1 aliphatic rings. The van der Waals surface area contributed by atoms with Gasteiger partial charge in [-0.2, -0.15) is 0 Å². The Labute approximate surface area is 147 Å². The lowest BCUT2D eigenvalue weighted by Gasteiger charge is -2.18. The number of hydrogen-bond acceptors (Lipinski definition) is 5. The first kappa shape index (κ1) is 19.2. The van der Waals surface area contributed by atoms with Crippen LogP contribution < -0.4 is 20.7 Å². The Kier molecular flexibility index (Phi) is 6.02. The van der Waals surface area contributed by atoms with Crippen LogP contribution in [0.5, 0.6) is 0 Å². The number of amides is 2. The van der Waals surface area contributed by atoms with Gasteiger partial charge in [-0.25, -0.2) is 8.42 Å². The summed E-state index contributed by atoms with van der Waals surface area (Å²) in [5.41, 5.74) is 5.78. The van der Waals surface area contributed by atoms with Crippen molar-refractivity contribution in [1.29, 1.82) is 0 Å². The topological polar surface area (TPSA) is 122 Å². The Bertz CT molecular complexity index is 757. The molecule has 0 saturated carbocycles. The molecule has 0 bridgehead atoms. The molecule has 1 aromatic rings. The van der Waals surface area contributed by atoms with Gasteiger partial charge in [0, 0.05) is 30.8 Å². The van der Waals surface area contributed by atoms with E-state index in [0.717, 1.165) is 36.4 Å². The molecular formula is C16H24N4O4S. The van der Waals surface area contributed by atoms with E-state index in [9.17, 15) is 18.0 Å². The molecule has 4 N–H and O–H groups in total. The molecule has 1 aromatic carbocycles. The summed E-state index contributed by atoms with van der Waals surface area (Å²) in [6.07, 6.45) is 4.09. The third kappa shape index (κ3) is 5.17. The number of nitrogens with zero attached hydrogens (tertiary/aromatic N) is 1. The monoisotopic (exact) mass is 368 g/mol. The minimum absolute atomic E-state index is 0.0793. The second-order valence-corrected chi connectivity index (χ2v) is 8.21. The summed E-state index contributed by atoms with van der Waals surface area (Å²) in [6, 6.07) is 4.55. The summed E-state index contributed by atoms with van der Waals surface area (Å²) in [4.78, 5) is 23.9. The summed E-state index contributed by atoms with van der Waals surface area (Å²) in [7, 11) is -2.18. The molecule has 0 aliphatic carbocycles. The predicted molar refractivity (Wildman–Crippen MR) is 96.2 cm³/mol. The zero-order valence-electron chi connectivity index (χ0n) is 14.4. The summed E-state index contributed by atoms with van der Waals surface area (Å²) < 4.78 is 24.4. The first-order valence-corrected chi connectivity index (χ1v) is 9.93. The molecule has 9 heteroatoms. The first-order valence-electron chi connectivity index (χ1n) is 8.09. The number of sulfonamides is 1. The average molecular weight is 368 g/mol. The van der Waals surface area contributed by atoms with Crippen LogP contribution in [0.2, 0.25) is 0 Å². The van der Waals surface area contributed by atoms with Gasteiger partial charge in [-0.3, -0.25) is 13.9 Å². The summed E-state index contributed by atoms with van der Waals surface area (Å²) >= 11 is 0. The number of hydrogen-bond donors (Lipinski definition) is 3. The van der Waals surface area contributed by atoms with E-state index in [1.165, 1.54) is 25.2 Å². The van der Waals surface area contributed by atoms with Gasteiger partial charge in [0.15, 0.2) is 0 Å². The van der Waals surface area contributed by atoms with Gasteiger partial charge in [0.25, 0.3) is 5.91 Å². The quantitative estimate of drug-likeness (QED) is 0.628. The van der Waals surface area contributed by atoms with Crippen LogP contribution >= 0.6 is 0 Å². The fourth-order valence-electron chi connectivity index (χ4n) is 2.72. The van der Waals surface area contributed by atoms with Gasteiger partial charge in [-0.1, -0.05) is 0 Å². The van der Waals surface area contributed by atoms with Crippen molar-refractivity contribution in [2.24, 2.45) is 5.73 Å². The van der Waals surface area contributed by atoms with Crippen LogP contribution in [-0.2, 0) is 10.0 Å². The largest absolute Gasteiger partial charge is 0.366 e. The van der Waals surface area contributed by atoms with Gasteiger partial charge in [0.05, 0.1) is 11.9 Å². The fraction of sp³-hybridized carbons (Fsp3) is 0.500. The number of carbonyl (C=O) groups is 2. The Hall–Kier alpha value is -2.13. The van der Waals surface area contributed by atoms with E-state index in [0.29, 0.717) is 12.6 Å². The summed E-state index contributed by atoms with van der Waals surface area (Å²) in [5, 5.41) is 6.15. The number of nitrogens with two attached hydrogens (primary N) is 1. The van der Waals surface area contributed by atoms with E-state index in [1.54, 1.807) is 0 Å². The van der Waals surface area contributed by atoms with Crippen molar-refractivity contribution in [3.05, 3.63) is 29.3 Å². The predicted octanol–water partition coefficient (Wildman–Crippen LogP) is 0.0532. The molecule has 0 spiro atoms. The molecule has 8 nitrogen and oxygen atoms in total. The molecule has 138 valence electrons. The minimum Gasteiger partial charge on any atom is -0.366 e. The third-order valence-corrected chi connectivity index (χ3v) is 5.47. The number of rotatable bonds is 7. The Balaban J connectivity index is 2.16. The Morgan fingerprint density at radius 1 is 1.32 bits per heavy atom. The van der Waals surface area contributed by atoms with Gasteiger partial charge in [-0.15, -0.1) is 0 Å². The van der Waals surface area contributed by atoms with E-state index in [1.807, 2.05) is 0 Å².